The predicted octanol–water partition coefficient (Wildman–Crippen LogP) is 4.48. The maximum absolute atomic E-state index is 13.8. The van der Waals surface area contributed by atoms with E-state index in [-0.39, 0.29) is 0 Å². The number of alkyl halides is 1. The highest BCUT2D eigenvalue weighted by atomic mass is 19.1. The van der Waals surface area contributed by atoms with Crippen molar-refractivity contribution in [1.82, 2.24) is 0 Å². The number of hydrogen-bond donors (Lipinski definition) is 0. The average Bonchev–Trinajstić information content (AvgIpc) is 2.98. The van der Waals surface area contributed by atoms with Gasteiger partial charge >= 0.3 is 0 Å². The lowest BCUT2D eigenvalue weighted by Crippen LogP contribution is -2.07. The second-order valence-corrected chi connectivity index (χ2v) is 5.59. The Kier molecular flexibility index (Phi) is 3.05. The Morgan fingerprint density at radius 2 is 1.69 bits per heavy atom. The fourth-order valence-electron chi connectivity index (χ4n) is 1.95. The standard InChI is InChI=1S/C15H21F/c1-11(2)12(3)10-13-4-6-14(7-5-13)15(16)8-9-15/h4-7,11-12H,8-10H2,1-3H3. The highest BCUT2D eigenvalue weighted by molar-refractivity contribution is 5.31. The number of benzene rings is 1. The molecule has 1 aliphatic carbocycles. The second-order valence-electron chi connectivity index (χ2n) is 5.59. The van der Waals surface area contributed by atoms with Crippen LogP contribution in [0.5, 0.6) is 0 Å². The van der Waals surface area contributed by atoms with E-state index in [9.17, 15) is 4.39 Å². The Hall–Kier alpha value is -0.850. The van der Waals surface area contributed by atoms with Gasteiger partial charge < -0.3 is 0 Å². The number of halogens is 1. The van der Waals surface area contributed by atoms with Crippen molar-refractivity contribution >= 4 is 0 Å². The molecule has 0 nitrogen and oxygen atoms in total. The van der Waals surface area contributed by atoms with Gasteiger partial charge in [-0.05, 0) is 42.2 Å². The molecule has 0 amide bonds. The molecule has 0 spiro atoms. The van der Waals surface area contributed by atoms with Crippen LogP contribution in [-0.4, -0.2) is 0 Å². The first-order valence-corrected chi connectivity index (χ1v) is 6.29. The first-order valence-electron chi connectivity index (χ1n) is 6.29. The second kappa shape index (κ2) is 4.20. The van der Waals surface area contributed by atoms with Gasteiger partial charge in [0.25, 0.3) is 0 Å². The summed E-state index contributed by atoms with van der Waals surface area (Å²) in [4.78, 5) is 0. The van der Waals surface area contributed by atoms with Gasteiger partial charge in [-0.15, -0.1) is 0 Å². The monoisotopic (exact) mass is 220 g/mol. The van der Waals surface area contributed by atoms with Crippen molar-refractivity contribution in [3.63, 3.8) is 0 Å². The van der Waals surface area contributed by atoms with E-state index >= 15 is 0 Å². The number of rotatable bonds is 4. The zero-order valence-electron chi connectivity index (χ0n) is 10.5. The Labute approximate surface area is 97.9 Å². The number of hydrogen-bond acceptors (Lipinski definition) is 0. The lowest BCUT2D eigenvalue weighted by molar-refractivity contribution is 0.317. The summed E-state index contributed by atoms with van der Waals surface area (Å²) in [6.07, 6.45) is 2.50. The summed E-state index contributed by atoms with van der Waals surface area (Å²) in [5, 5.41) is 0. The van der Waals surface area contributed by atoms with Crippen LogP contribution < -0.4 is 0 Å². The van der Waals surface area contributed by atoms with Crippen LogP contribution in [0.2, 0.25) is 0 Å². The van der Waals surface area contributed by atoms with E-state index in [1.54, 1.807) is 0 Å². The maximum atomic E-state index is 13.8. The first kappa shape index (κ1) is 11.6. The summed E-state index contributed by atoms with van der Waals surface area (Å²) < 4.78 is 13.8. The minimum atomic E-state index is -0.984. The summed E-state index contributed by atoms with van der Waals surface area (Å²) >= 11 is 0. The van der Waals surface area contributed by atoms with Gasteiger partial charge in [0.05, 0.1) is 0 Å². The molecule has 1 aliphatic rings. The van der Waals surface area contributed by atoms with E-state index in [1.807, 2.05) is 12.1 Å². The third kappa shape index (κ3) is 2.45. The largest absolute Gasteiger partial charge is 0.239 e. The highest BCUT2D eigenvalue weighted by Gasteiger charge is 2.44. The molecule has 1 aromatic rings. The van der Waals surface area contributed by atoms with Gasteiger partial charge in [-0.1, -0.05) is 45.0 Å². The normalized spacial score (nSPS) is 19.8. The minimum absolute atomic E-state index is 0.686. The molecule has 1 aromatic carbocycles. The van der Waals surface area contributed by atoms with Crippen molar-refractivity contribution < 1.29 is 4.39 Å². The molecule has 0 aromatic heterocycles. The zero-order chi connectivity index (χ0) is 11.8. The first-order chi connectivity index (χ1) is 7.51. The van der Waals surface area contributed by atoms with Gasteiger partial charge in [0.1, 0.15) is 5.67 Å². The third-order valence-corrected chi connectivity index (χ3v) is 3.86. The van der Waals surface area contributed by atoms with Crippen LogP contribution in [0.1, 0.15) is 44.7 Å². The van der Waals surface area contributed by atoms with Gasteiger partial charge in [0.15, 0.2) is 0 Å². The van der Waals surface area contributed by atoms with Gasteiger partial charge in [-0.2, -0.15) is 0 Å². The molecule has 1 unspecified atom stereocenters. The Bertz CT molecular complexity index is 346. The molecule has 1 fully saturated rings. The molecule has 1 saturated carbocycles. The summed E-state index contributed by atoms with van der Waals surface area (Å²) in [6, 6.07) is 8.12. The van der Waals surface area contributed by atoms with Crippen molar-refractivity contribution in [3.05, 3.63) is 35.4 Å². The predicted molar refractivity (Wildman–Crippen MR) is 66.2 cm³/mol. The van der Waals surface area contributed by atoms with Crippen LogP contribution in [0.15, 0.2) is 24.3 Å². The van der Waals surface area contributed by atoms with E-state index < -0.39 is 5.67 Å². The Morgan fingerprint density at radius 1 is 1.12 bits per heavy atom. The summed E-state index contributed by atoms with van der Waals surface area (Å²) in [5.41, 5.74) is 1.21. The molecule has 1 heteroatoms. The van der Waals surface area contributed by atoms with Gasteiger partial charge in [0, 0.05) is 0 Å². The molecule has 2 rings (SSSR count). The summed E-state index contributed by atoms with van der Waals surface area (Å²) in [6.45, 7) is 6.77. The minimum Gasteiger partial charge on any atom is -0.239 e. The van der Waals surface area contributed by atoms with Crippen LogP contribution >= 0.6 is 0 Å². The molecule has 0 bridgehead atoms. The van der Waals surface area contributed by atoms with Crippen LogP contribution in [0.4, 0.5) is 4.39 Å². The molecule has 0 saturated heterocycles. The van der Waals surface area contributed by atoms with E-state index in [0.29, 0.717) is 24.7 Å². The summed E-state index contributed by atoms with van der Waals surface area (Å²) in [7, 11) is 0. The molecule has 0 heterocycles. The maximum Gasteiger partial charge on any atom is 0.136 e. The Balaban J connectivity index is 2.02. The van der Waals surface area contributed by atoms with Crippen molar-refractivity contribution in [1.29, 1.82) is 0 Å². The lowest BCUT2D eigenvalue weighted by atomic mass is 9.90. The van der Waals surface area contributed by atoms with E-state index in [1.165, 1.54) is 5.56 Å². The third-order valence-electron chi connectivity index (χ3n) is 3.86. The molecule has 0 aliphatic heterocycles. The van der Waals surface area contributed by atoms with Crippen molar-refractivity contribution in [3.8, 4) is 0 Å². The van der Waals surface area contributed by atoms with Crippen LogP contribution in [-0.2, 0) is 12.1 Å². The van der Waals surface area contributed by atoms with E-state index in [2.05, 4.69) is 32.9 Å². The van der Waals surface area contributed by atoms with Gasteiger partial charge in [-0.3, -0.25) is 0 Å². The van der Waals surface area contributed by atoms with Crippen LogP contribution in [0.3, 0.4) is 0 Å². The van der Waals surface area contributed by atoms with Crippen molar-refractivity contribution in [2.75, 3.05) is 0 Å². The van der Waals surface area contributed by atoms with Crippen LogP contribution in [0, 0.1) is 11.8 Å². The smallest absolute Gasteiger partial charge is 0.136 e. The molecule has 16 heavy (non-hydrogen) atoms. The van der Waals surface area contributed by atoms with Crippen molar-refractivity contribution in [2.45, 2.75) is 45.7 Å². The molecule has 0 N–H and O–H groups in total. The fraction of sp³-hybridized carbons (Fsp3) is 0.600. The van der Waals surface area contributed by atoms with Gasteiger partial charge in [-0.25, -0.2) is 4.39 Å². The Morgan fingerprint density at radius 3 is 2.12 bits per heavy atom. The zero-order valence-corrected chi connectivity index (χ0v) is 10.5. The molecule has 0 radical (unpaired) electrons. The van der Waals surface area contributed by atoms with E-state index in [0.717, 1.165) is 12.0 Å². The SMILES string of the molecule is CC(C)C(C)Cc1ccc(C2(F)CC2)cc1. The summed E-state index contributed by atoms with van der Waals surface area (Å²) in [5.74, 6) is 1.39. The highest BCUT2D eigenvalue weighted by Crippen LogP contribution is 2.49. The van der Waals surface area contributed by atoms with Gasteiger partial charge in [0.2, 0.25) is 0 Å². The molecule has 88 valence electrons. The topological polar surface area (TPSA) is 0 Å². The van der Waals surface area contributed by atoms with E-state index in [4.69, 9.17) is 0 Å². The average molecular weight is 220 g/mol. The molecular formula is C15H21F. The fourth-order valence-corrected chi connectivity index (χ4v) is 1.95. The van der Waals surface area contributed by atoms with Crippen molar-refractivity contribution in [2.24, 2.45) is 11.8 Å². The lowest BCUT2D eigenvalue weighted by Gasteiger charge is -2.15. The quantitative estimate of drug-likeness (QED) is 0.701. The molecule has 1 atom stereocenters. The van der Waals surface area contributed by atoms with Crippen LogP contribution in [0.25, 0.3) is 0 Å². The molecular weight excluding hydrogens is 199 g/mol.